The minimum Gasteiger partial charge on any atom is -0.459 e. The molecule has 0 saturated heterocycles. The molecule has 9 nitrogen and oxygen atoms in total. The Labute approximate surface area is 187 Å². The summed E-state index contributed by atoms with van der Waals surface area (Å²) in [5, 5.41) is 6.59. The number of hydrogen-bond acceptors (Lipinski definition) is 7. The van der Waals surface area contributed by atoms with Crippen molar-refractivity contribution in [3.63, 3.8) is 0 Å². The number of nitrogens with one attached hydrogen (secondary N) is 2. The number of amides is 2. The van der Waals surface area contributed by atoms with Gasteiger partial charge in [-0.05, 0) is 66.2 Å². The quantitative estimate of drug-likeness (QED) is 0.192. The van der Waals surface area contributed by atoms with Crippen molar-refractivity contribution in [1.29, 1.82) is 0 Å². The molecule has 0 atom stereocenters. The van der Waals surface area contributed by atoms with E-state index in [1.807, 2.05) is 0 Å². The van der Waals surface area contributed by atoms with Crippen molar-refractivity contribution in [2.45, 2.75) is 0 Å². The van der Waals surface area contributed by atoms with Gasteiger partial charge in [0.25, 0.3) is 11.8 Å². The normalized spacial score (nSPS) is 10.7. The zero-order valence-corrected chi connectivity index (χ0v) is 17.1. The topological polar surface area (TPSA) is 123 Å². The molecule has 2 heterocycles. The fourth-order valence-corrected chi connectivity index (χ4v) is 2.75. The van der Waals surface area contributed by atoms with Crippen molar-refractivity contribution in [3.8, 4) is 5.75 Å². The molecular formula is C24H17N3O6. The maximum Gasteiger partial charge on any atom is 0.379 e. The third kappa shape index (κ3) is 5.61. The Hall–Kier alpha value is -4.92. The van der Waals surface area contributed by atoms with Crippen LogP contribution in [0.25, 0.3) is 0 Å². The molecule has 0 aliphatic carbocycles. The summed E-state index contributed by atoms with van der Waals surface area (Å²) in [6.07, 6.45) is 4.21. The Morgan fingerprint density at radius 1 is 0.818 bits per heavy atom. The molecule has 2 aromatic carbocycles. The van der Waals surface area contributed by atoms with Crippen LogP contribution in [0, 0.1) is 0 Å². The summed E-state index contributed by atoms with van der Waals surface area (Å²) in [5.74, 6) is -0.863. The SMILES string of the molecule is O=C(NN=Cc1cccc(OC(=O)c2ccco2)c1)c1ccc(NC(=O)c2ccco2)cc1. The average Bonchev–Trinajstić information content (AvgIpc) is 3.54. The molecule has 4 rings (SSSR count). The van der Waals surface area contributed by atoms with Crippen LogP contribution >= 0.6 is 0 Å². The summed E-state index contributed by atoms with van der Waals surface area (Å²) in [5.41, 5.74) is 3.89. The van der Waals surface area contributed by atoms with E-state index in [4.69, 9.17) is 13.6 Å². The van der Waals surface area contributed by atoms with E-state index >= 15 is 0 Å². The monoisotopic (exact) mass is 443 g/mol. The second-order valence-electron chi connectivity index (χ2n) is 6.65. The van der Waals surface area contributed by atoms with E-state index in [0.29, 0.717) is 22.6 Å². The smallest absolute Gasteiger partial charge is 0.379 e. The molecule has 0 unspecified atom stereocenters. The van der Waals surface area contributed by atoms with Crippen LogP contribution in [0.2, 0.25) is 0 Å². The van der Waals surface area contributed by atoms with Crippen molar-refractivity contribution in [1.82, 2.24) is 5.43 Å². The number of ether oxygens (including phenoxy) is 1. The van der Waals surface area contributed by atoms with E-state index in [2.05, 4.69) is 15.8 Å². The number of benzene rings is 2. The van der Waals surface area contributed by atoms with Crippen molar-refractivity contribution < 1.29 is 28.0 Å². The zero-order chi connectivity index (χ0) is 23.0. The van der Waals surface area contributed by atoms with Crippen LogP contribution in [0.15, 0.2) is 99.3 Å². The number of hydrogen-bond donors (Lipinski definition) is 2. The third-order valence-electron chi connectivity index (χ3n) is 4.32. The molecule has 0 aliphatic heterocycles. The van der Waals surface area contributed by atoms with Gasteiger partial charge in [-0.3, -0.25) is 9.59 Å². The molecule has 33 heavy (non-hydrogen) atoms. The minimum atomic E-state index is -0.619. The number of nitrogens with zero attached hydrogens (tertiary/aromatic N) is 1. The molecule has 2 aromatic heterocycles. The van der Waals surface area contributed by atoms with Crippen LogP contribution in [-0.4, -0.2) is 24.0 Å². The predicted octanol–water partition coefficient (Wildman–Crippen LogP) is 4.11. The number of esters is 1. The van der Waals surface area contributed by atoms with E-state index in [1.54, 1.807) is 66.7 Å². The molecule has 0 saturated carbocycles. The van der Waals surface area contributed by atoms with Gasteiger partial charge in [0, 0.05) is 11.3 Å². The summed E-state index contributed by atoms with van der Waals surface area (Å²) in [6, 6.07) is 19.2. The Morgan fingerprint density at radius 3 is 2.24 bits per heavy atom. The fourth-order valence-electron chi connectivity index (χ4n) is 2.75. The van der Waals surface area contributed by atoms with Gasteiger partial charge in [-0.25, -0.2) is 10.2 Å². The molecule has 0 aliphatic rings. The van der Waals surface area contributed by atoms with Crippen LogP contribution < -0.4 is 15.5 Å². The van der Waals surface area contributed by atoms with Crippen LogP contribution in [0.4, 0.5) is 5.69 Å². The van der Waals surface area contributed by atoms with Gasteiger partial charge in [0.2, 0.25) is 5.76 Å². The van der Waals surface area contributed by atoms with Gasteiger partial charge in [0.05, 0.1) is 18.7 Å². The third-order valence-corrected chi connectivity index (χ3v) is 4.32. The zero-order valence-electron chi connectivity index (χ0n) is 17.1. The van der Waals surface area contributed by atoms with Crippen LogP contribution in [0.1, 0.15) is 37.0 Å². The van der Waals surface area contributed by atoms with Gasteiger partial charge in [0.15, 0.2) is 5.76 Å². The second-order valence-corrected chi connectivity index (χ2v) is 6.65. The molecule has 2 amide bonds. The van der Waals surface area contributed by atoms with Crippen LogP contribution in [0.3, 0.4) is 0 Å². The highest BCUT2D eigenvalue weighted by Gasteiger charge is 2.12. The maximum atomic E-state index is 12.3. The lowest BCUT2D eigenvalue weighted by Crippen LogP contribution is -2.17. The largest absolute Gasteiger partial charge is 0.459 e. The van der Waals surface area contributed by atoms with Crippen molar-refractivity contribution >= 4 is 29.7 Å². The standard InChI is InChI=1S/C24H17N3O6/c28-22(17-8-10-18(11-9-17)26-23(29)20-6-2-12-31-20)27-25-15-16-4-1-5-19(14-16)33-24(30)21-7-3-13-32-21/h1-15H,(H,26,29)(H,27,28). The Balaban J connectivity index is 1.31. The van der Waals surface area contributed by atoms with Crippen LogP contribution in [0.5, 0.6) is 5.75 Å². The van der Waals surface area contributed by atoms with E-state index in [-0.39, 0.29) is 17.4 Å². The van der Waals surface area contributed by atoms with Gasteiger partial charge >= 0.3 is 5.97 Å². The fraction of sp³-hybridized carbons (Fsp3) is 0. The van der Waals surface area contributed by atoms with E-state index in [9.17, 15) is 14.4 Å². The number of furan rings is 2. The van der Waals surface area contributed by atoms with Crippen molar-refractivity contribution in [2.75, 3.05) is 5.32 Å². The number of carbonyl (C=O) groups excluding carboxylic acids is 3. The molecule has 4 aromatic rings. The summed E-state index contributed by atoms with van der Waals surface area (Å²) in [7, 11) is 0. The molecule has 0 fully saturated rings. The minimum absolute atomic E-state index is 0.0906. The average molecular weight is 443 g/mol. The maximum absolute atomic E-state index is 12.3. The van der Waals surface area contributed by atoms with Gasteiger partial charge in [-0.2, -0.15) is 5.10 Å². The Kier molecular flexibility index (Phi) is 6.41. The lowest BCUT2D eigenvalue weighted by Gasteiger charge is -2.05. The first-order chi connectivity index (χ1) is 16.1. The highest BCUT2D eigenvalue weighted by atomic mass is 16.5. The highest BCUT2D eigenvalue weighted by molar-refractivity contribution is 6.02. The Morgan fingerprint density at radius 2 is 1.55 bits per heavy atom. The van der Waals surface area contributed by atoms with E-state index < -0.39 is 11.9 Å². The number of carbonyl (C=O) groups is 3. The molecule has 164 valence electrons. The summed E-state index contributed by atoms with van der Waals surface area (Å²) in [4.78, 5) is 36.2. The first kappa shape index (κ1) is 21.3. The summed E-state index contributed by atoms with van der Waals surface area (Å²) in [6.45, 7) is 0. The Bertz CT molecular complexity index is 1280. The van der Waals surface area contributed by atoms with E-state index in [0.717, 1.165) is 0 Å². The van der Waals surface area contributed by atoms with Crippen LogP contribution in [-0.2, 0) is 0 Å². The van der Waals surface area contributed by atoms with Gasteiger partial charge in [-0.15, -0.1) is 0 Å². The second kappa shape index (κ2) is 9.92. The first-order valence-electron chi connectivity index (χ1n) is 9.72. The number of anilines is 1. The highest BCUT2D eigenvalue weighted by Crippen LogP contribution is 2.15. The van der Waals surface area contributed by atoms with Gasteiger partial charge in [-0.1, -0.05) is 12.1 Å². The number of hydrazone groups is 1. The molecule has 2 N–H and O–H groups in total. The van der Waals surface area contributed by atoms with Gasteiger partial charge in [0.1, 0.15) is 5.75 Å². The lowest BCUT2D eigenvalue weighted by molar-refractivity contribution is 0.0701. The van der Waals surface area contributed by atoms with Gasteiger partial charge < -0.3 is 18.9 Å². The number of rotatable bonds is 7. The van der Waals surface area contributed by atoms with Crippen molar-refractivity contribution in [2.24, 2.45) is 5.10 Å². The molecule has 0 radical (unpaired) electrons. The first-order valence-corrected chi connectivity index (χ1v) is 9.72. The molecule has 9 heteroatoms. The molecule has 0 bridgehead atoms. The summed E-state index contributed by atoms with van der Waals surface area (Å²) < 4.78 is 15.3. The molecule has 0 spiro atoms. The van der Waals surface area contributed by atoms with E-state index in [1.165, 1.54) is 24.8 Å². The van der Waals surface area contributed by atoms with Crippen molar-refractivity contribution in [3.05, 3.63) is 108 Å². The lowest BCUT2D eigenvalue weighted by atomic mass is 10.2. The summed E-state index contributed by atoms with van der Waals surface area (Å²) >= 11 is 0. The molecular weight excluding hydrogens is 426 g/mol. The predicted molar refractivity (Wildman–Crippen MR) is 118 cm³/mol.